The zero-order chi connectivity index (χ0) is 23.5. The Bertz CT molecular complexity index is 1150. The quantitative estimate of drug-likeness (QED) is 0.654. The number of hydrogen-bond donors (Lipinski definition) is 1. The van der Waals surface area contributed by atoms with E-state index in [1.165, 1.54) is 23.1 Å². The molecule has 0 radical (unpaired) electrons. The molecule has 1 aliphatic heterocycles. The summed E-state index contributed by atoms with van der Waals surface area (Å²) in [4.78, 5) is 40.1. The van der Waals surface area contributed by atoms with Gasteiger partial charge in [0.15, 0.2) is 0 Å². The maximum atomic E-state index is 13.4. The third-order valence-corrected chi connectivity index (χ3v) is 7.32. The van der Waals surface area contributed by atoms with Crippen molar-refractivity contribution in [1.82, 2.24) is 14.5 Å². The van der Waals surface area contributed by atoms with Crippen LogP contribution in [0, 0.1) is 6.92 Å². The smallest absolute Gasteiger partial charge is 0.269 e. The van der Waals surface area contributed by atoms with Crippen LogP contribution in [0.3, 0.4) is 0 Å². The van der Waals surface area contributed by atoms with Crippen molar-refractivity contribution in [1.29, 1.82) is 0 Å². The van der Waals surface area contributed by atoms with Crippen molar-refractivity contribution in [2.75, 3.05) is 13.1 Å². The maximum Gasteiger partial charge on any atom is 0.269 e. The molecule has 1 N–H and O–H groups in total. The first kappa shape index (κ1) is 23.5. The molecule has 0 unspecified atom stereocenters. The molecule has 0 saturated heterocycles. The Hall–Kier alpha value is -3.20. The van der Waals surface area contributed by atoms with Crippen molar-refractivity contribution in [3.8, 4) is 0 Å². The Morgan fingerprint density at radius 1 is 1.06 bits per heavy atom. The van der Waals surface area contributed by atoms with Crippen LogP contribution in [0.2, 0.25) is 0 Å². The van der Waals surface area contributed by atoms with Crippen LogP contribution in [0.1, 0.15) is 41.8 Å². The highest BCUT2D eigenvalue weighted by molar-refractivity contribution is 7.90. The van der Waals surface area contributed by atoms with E-state index >= 15 is 0 Å². The molecule has 0 spiro atoms. The van der Waals surface area contributed by atoms with Gasteiger partial charge in [0.05, 0.1) is 5.56 Å². The van der Waals surface area contributed by atoms with Gasteiger partial charge in [0.2, 0.25) is 11.8 Å². The molecule has 0 saturated carbocycles. The fourth-order valence-electron chi connectivity index (χ4n) is 3.78. The molecule has 1 aliphatic rings. The number of amides is 3. The van der Waals surface area contributed by atoms with Crippen LogP contribution in [-0.4, -0.2) is 54.5 Å². The summed E-state index contributed by atoms with van der Waals surface area (Å²) in [6.07, 6.45) is 0.338. The second-order valence-electron chi connectivity index (χ2n) is 7.58. The van der Waals surface area contributed by atoms with E-state index in [4.69, 9.17) is 0 Å². The number of benzene rings is 2. The number of fused-ring (bicyclic) bond motifs is 1. The zero-order valence-corrected chi connectivity index (χ0v) is 19.2. The molecular weight excluding hydrogens is 430 g/mol. The first-order chi connectivity index (χ1) is 15.2. The zero-order valence-electron chi connectivity index (χ0n) is 18.4. The molecule has 1 atom stereocenters. The van der Waals surface area contributed by atoms with Gasteiger partial charge < -0.3 is 10.2 Å². The molecule has 0 aromatic heterocycles. The van der Waals surface area contributed by atoms with Crippen molar-refractivity contribution < 1.29 is 22.8 Å². The molecule has 2 aromatic carbocycles. The lowest BCUT2D eigenvalue weighted by molar-refractivity contribution is -0.141. The third-order valence-electron chi connectivity index (χ3n) is 5.53. The van der Waals surface area contributed by atoms with Crippen molar-refractivity contribution in [2.24, 2.45) is 0 Å². The van der Waals surface area contributed by atoms with Crippen LogP contribution in [0.5, 0.6) is 0 Å². The van der Waals surface area contributed by atoms with Gasteiger partial charge in [-0.2, -0.15) is 0 Å². The van der Waals surface area contributed by atoms with E-state index < -0.39 is 34.4 Å². The molecule has 32 heavy (non-hydrogen) atoms. The molecule has 0 fully saturated rings. The summed E-state index contributed by atoms with van der Waals surface area (Å²) in [7, 11) is -4.13. The summed E-state index contributed by atoms with van der Waals surface area (Å²) in [6.45, 7) is 5.32. The first-order valence-electron chi connectivity index (χ1n) is 10.5. The van der Waals surface area contributed by atoms with Gasteiger partial charge in [0.1, 0.15) is 17.5 Å². The third kappa shape index (κ3) is 4.38. The Balaban J connectivity index is 1.94. The van der Waals surface area contributed by atoms with Crippen LogP contribution in [0.25, 0.3) is 0 Å². The molecule has 9 heteroatoms. The minimum atomic E-state index is -4.13. The topological polar surface area (TPSA) is 104 Å². The average molecular weight is 458 g/mol. The fraction of sp³-hybridized carbons (Fsp3) is 0.348. The van der Waals surface area contributed by atoms with Crippen molar-refractivity contribution in [3.63, 3.8) is 0 Å². The number of aryl methyl sites for hydroxylation is 1. The lowest BCUT2D eigenvalue weighted by Gasteiger charge is -2.32. The molecule has 3 amide bonds. The number of nitrogens with zero attached hydrogens (tertiary/aromatic N) is 2. The van der Waals surface area contributed by atoms with Crippen LogP contribution < -0.4 is 5.32 Å². The standard InChI is InChI=1S/C23H27N3O5S/c1-4-19(22(28)24-5-2)25(14-17-11-7-6-10-16(17)3)21(27)15-26-23(29)18-12-8-9-13-20(18)32(26,30)31/h6-13,19H,4-5,14-15H2,1-3H3,(H,24,28)/t19-/m1/s1. The van der Waals surface area contributed by atoms with Gasteiger partial charge in [0.25, 0.3) is 15.9 Å². The van der Waals surface area contributed by atoms with Gasteiger partial charge in [-0.15, -0.1) is 0 Å². The van der Waals surface area contributed by atoms with E-state index in [-0.39, 0.29) is 22.9 Å². The van der Waals surface area contributed by atoms with Gasteiger partial charge >= 0.3 is 0 Å². The van der Waals surface area contributed by atoms with E-state index in [1.807, 2.05) is 31.2 Å². The fourth-order valence-corrected chi connectivity index (χ4v) is 5.30. The van der Waals surface area contributed by atoms with E-state index in [1.54, 1.807) is 19.9 Å². The highest BCUT2D eigenvalue weighted by atomic mass is 32.2. The predicted octanol–water partition coefficient (Wildman–Crippen LogP) is 2.08. The number of nitrogens with one attached hydrogen (secondary N) is 1. The van der Waals surface area contributed by atoms with Crippen LogP contribution in [-0.2, 0) is 26.2 Å². The first-order valence-corrected chi connectivity index (χ1v) is 11.9. The summed E-state index contributed by atoms with van der Waals surface area (Å²) in [5.74, 6) is -1.68. The summed E-state index contributed by atoms with van der Waals surface area (Å²) >= 11 is 0. The summed E-state index contributed by atoms with van der Waals surface area (Å²) < 4.78 is 26.4. The van der Waals surface area contributed by atoms with Gasteiger partial charge in [-0.25, -0.2) is 12.7 Å². The van der Waals surface area contributed by atoms with Gasteiger partial charge in [0, 0.05) is 13.1 Å². The lowest BCUT2D eigenvalue weighted by atomic mass is 10.1. The van der Waals surface area contributed by atoms with Crippen molar-refractivity contribution >= 4 is 27.7 Å². The normalized spacial score (nSPS) is 15.2. The number of rotatable bonds is 8. The monoisotopic (exact) mass is 457 g/mol. The summed E-state index contributed by atoms with van der Waals surface area (Å²) in [5, 5.41) is 2.73. The second kappa shape index (κ2) is 9.52. The van der Waals surface area contributed by atoms with Crippen molar-refractivity contribution in [2.45, 2.75) is 44.7 Å². The largest absolute Gasteiger partial charge is 0.355 e. The highest BCUT2D eigenvalue weighted by Crippen LogP contribution is 2.30. The summed E-state index contributed by atoms with van der Waals surface area (Å²) in [6, 6.07) is 12.5. The number of carbonyl (C=O) groups is 3. The van der Waals surface area contributed by atoms with Gasteiger partial charge in [-0.3, -0.25) is 14.4 Å². The Morgan fingerprint density at radius 2 is 1.72 bits per heavy atom. The Kier molecular flexibility index (Phi) is 6.98. The van der Waals surface area contributed by atoms with Crippen LogP contribution in [0.4, 0.5) is 0 Å². The van der Waals surface area contributed by atoms with E-state index in [9.17, 15) is 22.8 Å². The van der Waals surface area contributed by atoms with Crippen LogP contribution >= 0.6 is 0 Å². The molecular formula is C23H27N3O5S. The van der Waals surface area contributed by atoms with Gasteiger partial charge in [-0.05, 0) is 43.5 Å². The Labute approximate surface area is 188 Å². The average Bonchev–Trinajstić information content (AvgIpc) is 2.96. The molecule has 170 valence electrons. The minimum absolute atomic E-state index is 0.0431. The van der Waals surface area contributed by atoms with E-state index in [2.05, 4.69) is 5.32 Å². The molecule has 0 aliphatic carbocycles. The minimum Gasteiger partial charge on any atom is -0.355 e. The van der Waals surface area contributed by atoms with E-state index in [0.717, 1.165) is 11.1 Å². The molecule has 3 rings (SSSR count). The Morgan fingerprint density at radius 3 is 2.34 bits per heavy atom. The van der Waals surface area contributed by atoms with Crippen molar-refractivity contribution in [3.05, 3.63) is 65.2 Å². The number of carbonyl (C=O) groups excluding carboxylic acids is 3. The second-order valence-corrected chi connectivity index (χ2v) is 9.41. The molecule has 8 nitrogen and oxygen atoms in total. The summed E-state index contributed by atoms with van der Waals surface area (Å²) in [5.41, 5.74) is 1.82. The SMILES string of the molecule is CCNC(=O)[C@@H](CC)N(Cc1ccccc1C)C(=O)CN1C(=O)c2ccccc2S1(=O)=O. The lowest BCUT2D eigenvalue weighted by Crippen LogP contribution is -2.52. The predicted molar refractivity (Wildman–Crippen MR) is 119 cm³/mol. The van der Waals surface area contributed by atoms with Gasteiger partial charge in [-0.1, -0.05) is 43.3 Å². The molecule has 2 aromatic rings. The number of hydrogen-bond acceptors (Lipinski definition) is 5. The van der Waals surface area contributed by atoms with E-state index in [0.29, 0.717) is 17.3 Å². The number of sulfonamides is 1. The number of likely N-dealkylation sites (N-methyl/N-ethyl adjacent to an activating group) is 1. The van der Waals surface area contributed by atoms with Crippen LogP contribution in [0.15, 0.2) is 53.4 Å². The maximum absolute atomic E-state index is 13.4. The molecule has 0 bridgehead atoms. The molecule has 1 heterocycles. The highest BCUT2D eigenvalue weighted by Gasteiger charge is 2.43.